The molecule has 4 nitrogen and oxygen atoms in total. The smallest absolute Gasteiger partial charge is 0.255 e. The molecule has 1 aromatic heterocycles. The Bertz CT molecular complexity index is 658. The number of H-pyrrole nitrogens is 1. The van der Waals surface area contributed by atoms with Crippen LogP contribution in [0.1, 0.15) is 35.2 Å². The second kappa shape index (κ2) is 5.49. The van der Waals surface area contributed by atoms with Gasteiger partial charge in [0.05, 0.1) is 5.69 Å². The van der Waals surface area contributed by atoms with Crippen LogP contribution in [0.4, 0.5) is 5.95 Å². The number of fused-ring (bicyclic) bond motifs is 1. The van der Waals surface area contributed by atoms with Crippen LogP contribution in [-0.4, -0.2) is 9.97 Å². The molecule has 0 spiro atoms. The molecule has 104 valence electrons. The summed E-state index contributed by atoms with van der Waals surface area (Å²) < 4.78 is 0. The van der Waals surface area contributed by atoms with Crippen molar-refractivity contribution in [2.45, 2.75) is 39.2 Å². The number of aryl methyl sites for hydroxylation is 2. The van der Waals surface area contributed by atoms with E-state index in [2.05, 4.69) is 46.5 Å². The highest BCUT2D eigenvalue weighted by atomic mass is 16.1. The molecule has 3 rings (SSSR count). The Balaban J connectivity index is 1.76. The molecule has 1 aliphatic rings. The number of nitrogens with one attached hydrogen (secondary N) is 2. The van der Waals surface area contributed by atoms with E-state index in [0.717, 1.165) is 36.9 Å². The SMILES string of the molecule is Cc1ccc(CNc2nc3c(c(=O)[nH]2)CCCC3)cc1. The zero-order chi connectivity index (χ0) is 13.9. The highest BCUT2D eigenvalue weighted by Crippen LogP contribution is 2.16. The van der Waals surface area contributed by atoms with Gasteiger partial charge in [-0.05, 0) is 38.2 Å². The number of anilines is 1. The molecular formula is C16H19N3O. The summed E-state index contributed by atoms with van der Waals surface area (Å²) in [6.45, 7) is 2.74. The molecule has 2 aromatic rings. The maximum atomic E-state index is 12.0. The van der Waals surface area contributed by atoms with Crippen LogP contribution in [0, 0.1) is 6.92 Å². The van der Waals surface area contributed by atoms with Gasteiger partial charge in [-0.2, -0.15) is 0 Å². The average molecular weight is 269 g/mol. The maximum absolute atomic E-state index is 12.0. The van der Waals surface area contributed by atoms with Gasteiger partial charge in [0.25, 0.3) is 5.56 Å². The number of aromatic nitrogens is 2. The number of aromatic amines is 1. The predicted octanol–water partition coefficient (Wildman–Crippen LogP) is 2.57. The molecule has 1 aliphatic carbocycles. The Morgan fingerprint density at radius 2 is 1.95 bits per heavy atom. The van der Waals surface area contributed by atoms with E-state index in [1.807, 2.05) is 0 Å². The molecular weight excluding hydrogens is 250 g/mol. The van der Waals surface area contributed by atoms with E-state index in [0.29, 0.717) is 12.5 Å². The van der Waals surface area contributed by atoms with Gasteiger partial charge in [0, 0.05) is 12.1 Å². The van der Waals surface area contributed by atoms with Gasteiger partial charge >= 0.3 is 0 Å². The van der Waals surface area contributed by atoms with Crippen molar-refractivity contribution < 1.29 is 0 Å². The van der Waals surface area contributed by atoms with Crippen LogP contribution >= 0.6 is 0 Å². The van der Waals surface area contributed by atoms with Crippen molar-refractivity contribution in [1.82, 2.24) is 9.97 Å². The summed E-state index contributed by atoms with van der Waals surface area (Å²) in [5, 5.41) is 3.20. The first kappa shape index (κ1) is 12.9. The van der Waals surface area contributed by atoms with E-state index in [-0.39, 0.29) is 5.56 Å². The molecule has 0 bridgehead atoms. The van der Waals surface area contributed by atoms with Gasteiger partial charge in [0.15, 0.2) is 0 Å². The monoisotopic (exact) mass is 269 g/mol. The summed E-state index contributed by atoms with van der Waals surface area (Å²) in [6.07, 6.45) is 3.99. The number of hydrogen-bond donors (Lipinski definition) is 2. The lowest BCUT2D eigenvalue weighted by atomic mass is 9.97. The van der Waals surface area contributed by atoms with Crippen LogP contribution in [0.15, 0.2) is 29.1 Å². The van der Waals surface area contributed by atoms with E-state index in [4.69, 9.17) is 0 Å². The van der Waals surface area contributed by atoms with Crippen molar-refractivity contribution in [3.05, 3.63) is 57.0 Å². The van der Waals surface area contributed by atoms with Crippen LogP contribution in [0.2, 0.25) is 0 Å². The van der Waals surface area contributed by atoms with Crippen molar-refractivity contribution in [2.24, 2.45) is 0 Å². The fraction of sp³-hybridized carbons (Fsp3) is 0.375. The lowest BCUT2D eigenvalue weighted by Gasteiger charge is -2.15. The van der Waals surface area contributed by atoms with Gasteiger partial charge < -0.3 is 5.32 Å². The Kier molecular flexibility index (Phi) is 3.54. The van der Waals surface area contributed by atoms with Crippen molar-refractivity contribution in [3.63, 3.8) is 0 Å². The summed E-state index contributed by atoms with van der Waals surface area (Å²) in [4.78, 5) is 19.4. The molecule has 1 aromatic carbocycles. The molecule has 0 fully saturated rings. The Labute approximate surface area is 118 Å². The van der Waals surface area contributed by atoms with E-state index in [1.165, 1.54) is 11.1 Å². The summed E-state index contributed by atoms with van der Waals surface area (Å²) in [6, 6.07) is 8.33. The molecule has 0 aliphatic heterocycles. The quantitative estimate of drug-likeness (QED) is 0.900. The molecule has 0 saturated carbocycles. The van der Waals surface area contributed by atoms with Crippen molar-refractivity contribution in [3.8, 4) is 0 Å². The molecule has 0 saturated heterocycles. The molecule has 1 heterocycles. The predicted molar refractivity (Wildman–Crippen MR) is 80.0 cm³/mol. The fourth-order valence-corrected chi connectivity index (χ4v) is 2.58. The van der Waals surface area contributed by atoms with E-state index >= 15 is 0 Å². The van der Waals surface area contributed by atoms with Crippen molar-refractivity contribution in [2.75, 3.05) is 5.32 Å². The molecule has 2 N–H and O–H groups in total. The van der Waals surface area contributed by atoms with Crippen LogP contribution in [-0.2, 0) is 19.4 Å². The first-order valence-corrected chi connectivity index (χ1v) is 7.14. The van der Waals surface area contributed by atoms with Crippen LogP contribution in [0.3, 0.4) is 0 Å². The second-order valence-corrected chi connectivity index (χ2v) is 5.39. The van der Waals surface area contributed by atoms with Crippen LogP contribution < -0.4 is 10.9 Å². The third kappa shape index (κ3) is 2.74. The number of hydrogen-bond acceptors (Lipinski definition) is 3. The third-order valence-corrected chi connectivity index (χ3v) is 3.77. The molecule has 4 heteroatoms. The van der Waals surface area contributed by atoms with Gasteiger partial charge in [-0.25, -0.2) is 4.98 Å². The number of benzene rings is 1. The summed E-state index contributed by atoms with van der Waals surface area (Å²) in [5.74, 6) is 0.580. The lowest BCUT2D eigenvalue weighted by Crippen LogP contribution is -2.22. The standard InChI is InChI=1S/C16H19N3O/c1-11-6-8-12(9-7-11)10-17-16-18-14-5-3-2-4-13(14)15(20)19-16/h6-9H,2-5,10H2,1H3,(H2,17,18,19,20). The number of rotatable bonds is 3. The zero-order valence-electron chi connectivity index (χ0n) is 11.7. The topological polar surface area (TPSA) is 57.8 Å². The van der Waals surface area contributed by atoms with Gasteiger partial charge in [-0.15, -0.1) is 0 Å². The molecule has 0 unspecified atom stereocenters. The van der Waals surface area contributed by atoms with Crippen LogP contribution in [0.5, 0.6) is 0 Å². The largest absolute Gasteiger partial charge is 0.352 e. The summed E-state index contributed by atoms with van der Waals surface area (Å²) in [5.41, 5.74) is 4.27. The van der Waals surface area contributed by atoms with Gasteiger partial charge in [0.2, 0.25) is 5.95 Å². The molecule has 20 heavy (non-hydrogen) atoms. The Morgan fingerprint density at radius 3 is 2.75 bits per heavy atom. The first-order chi connectivity index (χ1) is 9.72. The highest BCUT2D eigenvalue weighted by molar-refractivity contribution is 5.33. The van der Waals surface area contributed by atoms with Crippen molar-refractivity contribution in [1.29, 1.82) is 0 Å². The first-order valence-electron chi connectivity index (χ1n) is 7.14. The fourth-order valence-electron chi connectivity index (χ4n) is 2.58. The van der Waals surface area contributed by atoms with E-state index in [1.54, 1.807) is 0 Å². The maximum Gasteiger partial charge on any atom is 0.255 e. The minimum absolute atomic E-state index is 0.0149. The van der Waals surface area contributed by atoms with E-state index < -0.39 is 0 Å². The lowest BCUT2D eigenvalue weighted by molar-refractivity contribution is 0.657. The normalized spacial score (nSPS) is 13.8. The number of nitrogens with zero attached hydrogens (tertiary/aromatic N) is 1. The minimum atomic E-state index is 0.0149. The third-order valence-electron chi connectivity index (χ3n) is 3.77. The van der Waals surface area contributed by atoms with E-state index in [9.17, 15) is 4.79 Å². The Morgan fingerprint density at radius 1 is 1.20 bits per heavy atom. The Hall–Kier alpha value is -2.10. The summed E-state index contributed by atoms with van der Waals surface area (Å²) in [7, 11) is 0. The van der Waals surface area contributed by atoms with Gasteiger partial charge in [0.1, 0.15) is 0 Å². The van der Waals surface area contributed by atoms with Crippen LogP contribution in [0.25, 0.3) is 0 Å². The average Bonchev–Trinajstić information content (AvgIpc) is 2.47. The minimum Gasteiger partial charge on any atom is -0.352 e. The molecule has 0 amide bonds. The highest BCUT2D eigenvalue weighted by Gasteiger charge is 2.15. The molecule has 0 radical (unpaired) electrons. The van der Waals surface area contributed by atoms with Gasteiger partial charge in [-0.3, -0.25) is 9.78 Å². The molecule has 0 atom stereocenters. The summed E-state index contributed by atoms with van der Waals surface area (Å²) >= 11 is 0. The second-order valence-electron chi connectivity index (χ2n) is 5.39. The van der Waals surface area contributed by atoms with Crippen molar-refractivity contribution >= 4 is 5.95 Å². The zero-order valence-corrected chi connectivity index (χ0v) is 11.7. The van der Waals surface area contributed by atoms with Gasteiger partial charge in [-0.1, -0.05) is 29.8 Å².